The van der Waals surface area contributed by atoms with Gasteiger partial charge >= 0.3 is 0 Å². The molecule has 0 saturated heterocycles. The normalized spacial score (nSPS) is 13.9. The van der Waals surface area contributed by atoms with Gasteiger partial charge in [-0.3, -0.25) is 4.40 Å². The van der Waals surface area contributed by atoms with Gasteiger partial charge in [0.1, 0.15) is 23.6 Å². The summed E-state index contributed by atoms with van der Waals surface area (Å²) in [4.78, 5) is 6.54. The molecular weight excluding hydrogens is 400 g/mol. The molecule has 5 rings (SSSR count). The first-order valence-electron chi connectivity index (χ1n) is 9.95. The first-order valence-corrected chi connectivity index (χ1v) is 9.95. The predicted molar refractivity (Wildman–Crippen MR) is 113 cm³/mol. The van der Waals surface area contributed by atoms with Crippen LogP contribution in [0.25, 0.3) is 16.7 Å². The van der Waals surface area contributed by atoms with Crippen molar-refractivity contribution in [3.05, 3.63) is 59.4 Å². The Balaban J connectivity index is 1.75. The Morgan fingerprint density at radius 2 is 2.03 bits per heavy atom. The third-order valence-electron chi connectivity index (χ3n) is 5.25. The van der Waals surface area contributed by atoms with Crippen LogP contribution in [0.1, 0.15) is 31.4 Å². The van der Waals surface area contributed by atoms with E-state index in [1.807, 2.05) is 23.1 Å². The van der Waals surface area contributed by atoms with Crippen LogP contribution in [0, 0.1) is 23.5 Å². The summed E-state index contributed by atoms with van der Waals surface area (Å²) in [6.45, 7) is 3.89. The SMILES string of the molecule is CC(C)(O)C#Cc1cccc2c1CCCN2c1nc2nncn2c2c(F)cc(F)cc12. The molecule has 1 N–H and O–H groups in total. The number of hydrogen-bond acceptors (Lipinski definition) is 5. The average Bonchev–Trinajstić information content (AvgIpc) is 3.18. The van der Waals surface area contributed by atoms with Crippen molar-refractivity contribution in [1.29, 1.82) is 0 Å². The second kappa shape index (κ2) is 7.00. The summed E-state index contributed by atoms with van der Waals surface area (Å²) >= 11 is 0. The largest absolute Gasteiger partial charge is 0.378 e. The minimum absolute atomic E-state index is 0.177. The standard InChI is InChI=1S/C23H19F2N5O/c1-23(2,31)9-8-14-5-3-7-19-16(14)6-4-10-29(19)21-17-11-15(24)12-18(25)20(17)30-13-26-28-22(30)27-21/h3,5,7,11-13,31H,4,6,10H2,1-2H3. The molecule has 0 radical (unpaired) electrons. The summed E-state index contributed by atoms with van der Waals surface area (Å²) in [5.74, 6) is 5.20. The van der Waals surface area contributed by atoms with Crippen LogP contribution in [0.4, 0.5) is 20.3 Å². The van der Waals surface area contributed by atoms with Crippen LogP contribution in [0.5, 0.6) is 0 Å². The van der Waals surface area contributed by atoms with Gasteiger partial charge in [0.15, 0.2) is 5.82 Å². The first kappa shape index (κ1) is 19.4. The molecular formula is C23H19F2N5O. The third kappa shape index (κ3) is 3.37. The molecule has 0 bridgehead atoms. The molecule has 0 saturated carbocycles. The van der Waals surface area contributed by atoms with Crippen LogP contribution in [0.3, 0.4) is 0 Å². The van der Waals surface area contributed by atoms with Crippen molar-refractivity contribution in [2.24, 2.45) is 0 Å². The Morgan fingerprint density at radius 3 is 2.84 bits per heavy atom. The van der Waals surface area contributed by atoms with E-state index in [0.717, 1.165) is 35.7 Å². The molecule has 0 aliphatic carbocycles. The zero-order chi connectivity index (χ0) is 21.8. The lowest BCUT2D eigenvalue weighted by molar-refractivity contribution is 0.143. The van der Waals surface area contributed by atoms with Gasteiger partial charge in [0.2, 0.25) is 0 Å². The molecule has 0 spiro atoms. The highest BCUT2D eigenvalue weighted by molar-refractivity contribution is 5.94. The maximum Gasteiger partial charge on any atom is 0.257 e. The number of aromatic nitrogens is 4. The molecule has 2 aromatic heterocycles. The molecule has 2 aromatic carbocycles. The molecule has 3 heterocycles. The van der Waals surface area contributed by atoms with Crippen LogP contribution >= 0.6 is 0 Å². The number of fused-ring (bicyclic) bond motifs is 4. The second-order valence-corrected chi connectivity index (χ2v) is 8.09. The van der Waals surface area contributed by atoms with E-state index >= 15 is 0 Å². The smallest absolute Gasteiger partial charge is 0.257 e. The van der Waals surface area contributed by atoms with E-state index in [1.165, 1.54) is 16.8 Å². The van der Waals surface area contributed by atoms with Crippen molar-refractivity contribution in [3.8, 4) is 11.8 Å². The highest BCUT2D eigenvalue weighted by atomic mass is 19.1. The molecule has 31 heavy (non-hydrogen) atoms. The van der Waals surface area contributed by atoms with Crippen molar-refractivity contribution in [2.45, 2.75) is 32.3 Å². The number of aliphatic hydroxyl groups is 1. The molecule has 8 heteroatoms. The fourth-order valence-electron chi connectivity index (χ4n) is 3.99. The van der Waals surface area contributed by atoms with Gasteiger partial charge in [-0.2, -0.15) is 4.98 Å². The van der Waals surface area contributed by atoms with E-state index in [4.69, 9.17) is 0 Å². The van der Waals surface area contributed by atoms with E-state index in [2.05, 4.69) is 27.0 Å². The van der Waals surface area contributed by atoms with Crippen LogP contribution < -0.4 is 4.90 Å². The van der Waals surface area contributed by atoms with Crippen molar-refractivity contribution in [3.63, 3.8) is 0 Å². The van der Waals surface area contributed by atoms with Gasteiger partial charge in [0.05, 0.1) is 5.52 Å². The number of rotatable bonds is 1. The lowest BCUT2D eigenvalue weighted by Crippen LogP contribution is -2.26. The quantitative estimate of drug-likeness (QED) is 0.476. The van der Waals surface area contributed by atoms with E-state index in [0.29, 0.717) is 17.7 Å². The predicted octanol–water partition coefficient (Wildman–Crippen LogP) is 3.76. The van der Waals surface area contributed by atoms with Gasteiger partial charge in [0, 0.05) is 29.2 Å². The zero-order valence-electron chi connectivity index (χ0n) is 17.0. The topological polar surface area (TPSA) is 66.5 Å². The molecule has 156 valence electrons. The van der Waals surface area contributed by atoms with E-state index in [1.54, 1.807) is 13.8 Å². The molecule has 1 aliphatic heterocycles. The van der Waals surface area contributed by atoms with Gasteiger partial charge in [-0.25, -0.2) is 8.78 Å². The number of nitrogens with zero attached hydrogens (tertiary/aromatic N) is 5. The average molecular weight is 419 g/mol. The Bertz CT molecular complexity index is 1390. The first-order chi connectivity index (χ1) is 14.8. The van der Waals surface area contributed by atoms with E-state index < -0.39 is 17.2 Å². The fourth-order valence-corrected chi connectivity index (χ4v) is 3.99. The molecule has 0 fully saturated rings. The summed E-state index contributed by atoms with van der Waals surface area (Å²) in [7, 11) is 0. The van der Waals surface area contributed by atoms with E-state index in [-0.39, 0.29) is 11.3 Å². The summed E-state index contributed by atoms with van der Waals surface area (Å²) in [6, 6.07) is 7.87. The van der Waals surface area contributed by atoms with Gasteiger partial charge in [-0.1, -0.05) is 17.9 Å². The second-order valence-electron chi connectivity index (χ2n) is 8.09. The zero-order valence-corrected chi connectivity index (χ0v) is 17.0. The highest BCUT2D eigenvalue weighted by Gasteiger charge is 2.25. The maximum atomic E-state index is 14.8. The highest BCUT2D eigenvalue weighted by Crippen LogP contribution is 2.38. The van der Waals surface area contributed by atoms with Crippen LogP contribution in [0.2, 0.25) is 0 Å². The van der Waals surface area contributed by atoms with E-state index in [9.17, 15) is 13.9 Å². The number of halogens is 2. The number of hydrogen-bond donors (Lipinski definition) is 1. The number of benzene rings is 2. The lowest BCUT2D eigenvalue weighted by atomic mass is 9.95. The summed E-state index contributed by atoms with van der Waals surface area (Å²) in [6.07, 6.45) is 2.98. The van der Waals surface area contributed by atoms with Crippen molar-refractivity contribution in [2.75, 3.05) is 11.4 Å². The number of anilines is 2. The molecule has 6 nitrogen and oxygen atoms in total. The lowest BCUT2D eigenvalue weighted by Gasteiger charge is -2.32. The van der Waals surface area contributed by atoms with Crippen LogP contribution in [-0.2, 0) is 6.42 Å². The maximum absolute atomic E-state index is 14.8. The van der Waals surface area contributed by atoms with Gasteiger partial charge in [-0.15, -0.1) is 10.2 Å². The molecule has 0 atom stereocenters. The Hall–Kier alpha value is -3.57. The van der Waals surface area contributed by atoms with Crippen LogP contribution in [-0.4, -0.2) is 36.8 Å². The minimum Gasteiger partial charge on any atom is -0.378 e. The van der Waals surface area contributed by atoms with Crippen molar-refractivity contribution >= 4 is 28.2 Å². The van der Waals surface area contributed by atoms with Crippen molar-refractivity contribution < 1.29 is 13.9 Å². The summed E-state index contributed by atoms with van der Waals surface area (Å²) in [5, 5.41) is 18.1. The Labute approximate surface area is 177 Å². The third-order valence-corrected chi connectivity index (χ3v) is 5.25. The summed E-state index contributed by atoms with van der Waals surface area (Å²) in [5.41, 5.74) is 1.77. The van der Waals surface area contributed by atoms with Gasteiger partial charge < -0.3 is 10.0 Å². The van der Waals surface area contributed by atoms with Gasteiger partial charge in [0.25, 0.3) is 5.78 Å². The molecule has 1 aliphatic rings. The minimum atomic E-state index is -1.11. The van der Waals surface area contributed by atoms with Gasteiger partial charge in [-0.05, 0) is 50.5 Å². The summed E-state index contributed by atoms with van der Waals surface area (Å²) < 4.78 is 30.4. The Morgan fingerprint density at radius 1 is 1.19 bits per heavy atom. The molecule has 0 amide bonds. The Kier molecular flexibility index (Phi) is 4.38. The monoisotopic (exact) mass is 419 g/mol. The van der Waals surface area contributed by atoms with Crippen LogP contribution in [0.15, 0.2) is 36.7 Å². The molecule has 4 aromatic rings. The van der Waals surface area contributed by atoms with Crippen molar-refractivity contribution in [1.82, 2.24) is 19.6 Å². The fraction of sp³-hybridized carbons (Fsp3) is 0.261. The molecule has 0 unspecified atom stereocenters.